The fourth-order valence-corrected chi connectivity index (χ4v) is 2.07. The van der Waals surface area contributed by atoms with Crippen LogP contribution >= 0.6 is 0 Å². The molecule has 0 radical (unpaired) electrons. The van der Waals surface area contributed by atoms with E-state index in [9.17, 15) is 14.0 Å². The predicted molar refractivity (Wildman–Crippen MR) is 87.6 cm³/mol. The second kappa shape index (κ2) is 7.54. The van der Waals surface area contributed by atoms with Gasteiger partial charge in [-0.3, -0.25) is 9.59 Å². The Hall–Kier alpha value is -2.69. The normalized spacial score (nSPS) is 11.6. The number of anilines is 1. The molecule has 2 amide bonds. The number of hydrogen-bond acceptors (Lipinski definition) is 2. The summed E-state index contributed by atoms with van der Waals surface area (Å²) in [4.78, 5) is 23.5. The molecule has 2 rings (SSSR count). The second-order valence-electron chi connectivity index (χ2n) is 5.23. The number of halogens is 1. The predicted octanol–water partition coefficient (Wildman–Crippen LogP) is 3.67. The van der Waals surface area contributed by atoms with E-state index in [1.54, 1.807) is 43.3 Å². The van der Waals surface area contributed by atoms with E-state index >= 15 is 0 Å². The maximum Gasteiger partial charge on any atom is 0.251 e. The first kappa shape index (κ1) is 16.7. The summed E-state index contributed by atoms with van der Waals surface area (Å²) in [5, 5.41) is 5.58. The van der Waals surface area contributed by atoms with Gasteiger partial charge in [-0.2, -0.15) is 0 Å². The Balaban J connectivity index is 2.00. The lowest BCUT2D eigenvalue weighted by molar-refractivity contribution is -0.115. The van der Waals surface area contributed by atoms with Crippen LogP contribution in [0, 0.1) is 5.82 Å². The topological polar surface area (TPSA) is 58.2 Å². The molecular weight excluding hydrogens is 295 g/mol. The molecule has 2 N–H and O–H groups in total. The van der Waals surface area contributed by atoms with Crippen molar-refractivity contribution in [1.29, 1.82) is 0 Å². The van der Waals surface area contributed by atoms with Crippen LogP contribution in [0.15, 0.2) is 48.5 Å². The van der Waals surface area contributed by atoms with Gasteiger partial charge in [-0.1, -0.05) is 19.1 Å². The molecular formula is C18H19FN2O2. The average Bonchev–Trinajstić information content (AvgIpc) is 2.55. The number of amides is 2. The number of carbonyl (C=O) groups excluding carboxylic acids is 2. The first-order valence-corrected chi connectivity index (χ1v) is 7.46. The van der Waals surface area contributed by atoms with Gasteiger partial charge in [0.15, 0.2) is 0 Å². The summed E-state index contributed by atoms with van der Waals surface area (Å²) in [7, 11) is 0. The largest absolute Gasteiger partial charge is 0.346 e. The van der Waals surface area contributed by atoms with Crippen LogP contribution in [0.1, 0.15) is 42.2 Å². The Kier molecular flexibility index (Phi) is 5.46. The molecule has 0 heterocycles. The van der Waals surface area contributed by atoms with Gasteiger partial charge in [0.1, 0.15) is 5.82 Å². The van der Waals surface area contributed by atoms with Crippen molar-refractivity contribution >= 4 is 17.5 Å². The fourth-order valence-electron chi connectivity index (χ4n) is 2.07. The van der Waals surface area contributed by atoms with Crippen LogP contribution in [0.3, 0.4) is 0 Å². The highest BCUT2D eigenvalue weighted by atomic mass is 19.1. The van der Waals surface area contributed by atoms with Gasteiger partial charge in [0.2, 0.25) is 5.91 Å². The van der Waals surface area contributed by atoms with Gasteiger partial charge in [-0.05, 0) is 48.9 Å². The van der Waals surface area contributed by atoms with Gasteiger partial charge in [-0.15, -0.1) is 0 Å². The van der Waals surface area contributed by atoms with Crippen LogP contribution in [0.5, 0.6) is 0 Å². The third-order valence-corrected chi connectivity index (χ3v) is 3.47. The van der Waals surface area contributed by atoms with Gasteiger partial charge >= 0.3 is 0 Å². The second-order valence-corrected chi connectivity index (χ2v) is 5.23. The van der Waals surface area contributed by atoms with Crippen molar-refractivity contribution < 1.29 is 14.0 Å². The molecule has 2 aromatic rings. The molecule has 0 bridgehead atoms. The van der Waals surface area contributed by atoms with Crippen LogP contribution in [-0.2, 0) is 4.79 Å². The average molecular weight is 314 g/mol. The molecule has 0 saturated carbocycles. The zero-order chi connectivity index (χ0) is 16.8. The van der Waals surface area contributed by atoms with E-state index in [-0.39, 0.29) is 23.7 Å². The lowest BCUT2D eigenvalue weighted by Crippen LogP contribution is -2.26. The van der Waals surface area contributed by atoms with E-state index < -0.39 is 0 Å². The Morgan fingerprint density at radius 1 is 1.04 bits per heavy atom. The van der Waals surface area contributed by atoms with Crippen LogP contribution in [0.2, 0.25) is 0 Å². The van der Waals surface area contributed by atoms with E-state index in [0.29, 0.717) is 17.7 Å². The van der Waals surface area contributed by atoms with Crippen LogP contribution in [0.4, 0.5) is 10.1 Å². The molecule has 0 aliphatic rings. The molecule has 1 atom stereocenters. The molecule has 4 nitrogen and oxygen atoms in total. The van der Waals surface area contributed by atoms with Crippen LogP contribution < -0.4 is 10.6 Å². The van der Waals surface area contributed by atoms with Crippen LogP contribution in [0.25, 0.3) is 0 Å². The van der Waals surface area contributed by atoms with E-state index in [1.807, 2.05) is 6.92 Å². The summed E-state index contributed by atoms with van der Waals surface area (Å²) >= 11 is 0. The highest BCUT2D eigenvalue weighted by Crippen LogP contribution is 2.15. The molecule has 0 fully saturated rings. The SMILES string of the molecule is CCC(=O)Nc1ccc(C(=O)N[C@@H](C)c2ccc(F)cc2)cc1. The smallest absolute Gasteiger partial charge is 0.251 e. The Labute approximate surface area is 134 Å². The molecule has 0 aliphatic heterocycles. The maximum atomic E-state index is 12.9. The van der Waals surface area contributed by atoms with Crippen molar-refractivity contribution in [2.45, 2.75) is 26.3 Å². The summed E-state index contributed by atoms with van der Waals surface area (Å²) < 4.78 is 12.9. The fraction of sp³-hybridized carbons (Fsp3) is 0.222. The van der Waals surface area contributed by atoms with E-state index in [1.165, 1.54) is 12.1 Å². The lowest BCUT2D eigenvalue weighted by atomic mass is 10.1. The standard InChI is InChI=1S/C18H19FN2O2/c1-3-17(22)21-16-10-6-14(7-11-16)18(23)20-12(2)13-4-8-15(19)9-5-13/h4-12H,3H2,1-2H3,(H,20,23)(H,21,22)/t12-/m0/s1. The highest BCUT2D eigenvalue weighted by Gasteiger charge is 2.11. The van der Waals surface area contributed by atoms with Crippen molar-refractivity contribution in [2.75, 3.05) is 5.32 Å². The monoisotopic (exact) mass is 314 g/mol. The Morgan fingerprint density at radius 3 is 2.22 bits per heavy atom. The van der Waals surface area contributed by atoms with Crippen LogP contribution in [-0.4, -0.2) is 11.8 Å². The molecule has 5 heteroatoms. The molecule has 2 aromatic carbocycles. The number of nitrogens with one attached hydrogen (secondary N) is 2. The number of benzene rings is 2. The van der Waals surface area contributed by atoms with E-state index in [0.717, 1.165) is 5.56 Å². The summed E-state index contributed by atoms with van der Waals surface area (Å²) in [5.41, 5.74) is 1.97. The molecule has 23 heavy (non-hydrogen) atoms. The molecule has 0 spiro atoms. The molecule has 0 unspecified atom stereocenters. The lowest BCUT2D eigenvalue weighted by Gasteiger charge is -2.14. The number of carbonyl (C=O) groups is 2. The first-order chi connectivity index (χ1) is 11.0. The van der Waals surface area contributed by atoms with Gasteiger partial charge in [0.25, 0.3) is 5.91 Å². The van der Waals surface area contributed by atoms with Crippen molar-refractivity contribution in [2.24, 2.45) is 0 Å². The van der Waals surface area contributed by atoms with E-state index in [4.69, 9.17) is 0 Å². The van der Waals surface area contributed by atoms with Crippen molar-refractivity contribution in [1.82, 2.24) is 5.32 Å². The third-order valence-electron chi connectivity index (χ3n) is 3.47. The summed E-state index contributed by atoms with van der Waals surface area (Å²) in [6.45, 7) is 3.61. The number of hydrogen-bond donors (Lipinski definition) is 2. The molecule has 120 valence electrons. The molecule has 0 saturated heterocycles. The van der Waals surface area contributed by atoms with Gasteiger partial charge < -0.3 is 10.6 Å². The van der Waals surface area contributed by atoms with Gasteiger partial charge in [-0.25, -0.2) is 4.39 Å². The highest BCUT2D eigenvalue weighted by molar-refractivity contribution is 5.95. The van der Waals surface area contributed by atoms with Crippen molar-refractivity contribution in [3.63, 3.8) is 0 Å². The maximum absolute atomic E-state index is 12.9. The molecule has 0 aromatic heterocycles. The van der Waals surface area contributed by atoms with Crippen molar-refractivity contribution in [3.8, 4) is 0 Å². The minimum absolute atomic E-state index is 0.0767. The van der Waals surface area contributed by atoms with E-state index in [2.05, 4.69) is 10.6 Å². The zero-order valence-corrected chi connectivity index (χ0v) is 13.1. The Bertz CT molecular complexity index is 681. The minimum Gasteiger partial charge on any atom is -0.346 e. The third kappa shape index (κ3) is 4.64. The quantitative estimate of drug-likeness (QED) is 0.885. The molecule has 0 aliphatic carbocycles. The zero-order valence-electron chi connectivity index (χ0n) is 13.1. The first-order valence-electron chi connectivity index (χ1n) is 7.46. The van der Waals surface area contributed by atoms with Gasteiger partial charge in [0, 0.05) is 17.7 Å². The summed E-state index contributed by atoms with van der Waals surface area (Å²) in [5.74, 6) is -0.612. The summed E-state index contributed by atoms with van der Waals surface area (Å²) in [6.07, 6.45) is 0.400. The number of rotatable bonds is 5. The van der Waals surface area contributed by atoms with Gasteiger partial charge in [0.05, 0.1) is 6.04 Å². The summed E-state index contributed by atoms with van der Waals surface area (Å²) in [6, 6.07) is 12.5. The van der Waals surface area contributed by atoms with Crippen molar-refractivity contribution in [3.05, 3.63) is 65.5 Å². The minimum atomic E-state index is -0.308. The Morgan fingerprint density at radius 2 is 1.65 bits per heavy atom.